The van der Waals surface area contributed by atoms with Gasteiger partial charge < -0.3 is 28.6 Å². The number of aromatic nitrogens is 1. The number of methoxy groups -OCH3 is 3. The van der Waals surface area contributed by atoms with Gasteiger partial charge in [0.25, 0.3) is 0 Å². The normalized spacial score (nSPS) is 15.8. The van der Waals surface area contributed by atoms with Gasteiger partial charge >= 0.3 is 0 Å². The van der Waals surface area contributed by atoms with Gasteiger partial charge in [0, 0.05) is 47.2 Å². The Bertz CT molecular complexity index is 1340. The number of thiazole rings is 1. The van der Waals surface area contributed by atoms with Gasteiger partial charge in [-0.3, -0.25) is 4.79 Å². The molecule has 2 aromatic carbocycles. The molecular formula is C29H32N2O6S. The summed E-state index contributed by atoms with van der Waals surface area (Å²) in [5.74, 6) is 3.69. The Morgan fingerprint density at radius 1 is 0.974 bits per heavy atom. The fraction of sp³-hybridized carbons (Fsp3) is 0.379. The number of carbonyl (C=O) groups excluding carboxylic acids is 1. The van der Waals surface area contributed by atoms with Crippen LogP contribution >= 0.6 is 11.3 Å². The van der Waals surface area contributed by atoms with Crippen molar-refractivity contribution in [3.05, 3.63) is 51.9 Å². The van der Waals surface area contributed by atoms with Crippen molar-refractivity contribution < 1.29 is 28.5 Å². The van der Waals surface area contributed by atoms with Crippen molar-refractivity contribution in [1.29, 1.82) is 0 Å². The molecule has 2 aliphatic rings. The summed E-state index contributed by atoms with van der Waals surface area (Å²) >= 11 is 1.68. The van der Waals surface area contributed by atoms with Crippen molar-refractivity contribution in [3.63, 3.8) is 0 Å². The zero-order chi connectivity index (χ0) is 26.6. The molecule has 2 aliphatic heterocycles. The molecule has 1 aromatic heterocycles. The molecule has 0 unspecified atom stereocenters. The molecule has 3 aromatic rings. The number of piperidine rings is 1. The lowest BCUT2D eigenvalue weighted by Crippen LogP contribution is -2.38. The SMILES string of the molecule is COc1cc(OC)c(OC)cc1C=C(C)C(=O)N1CCC(c2nc(-c3ccc4c(c3)OCCO4)cs2)CC1. The molecule has 38 heavy (non-hydrogen) atoms. The van der Waals surface area contributed by atoms with Gasteiger partial charge in [-0.05, 0) is 50.1 Å². The van der Waals surface area contributed by atoms with Gasteiger partial charge in [0.05, 0.1) is 32.0 Å². The van der Waals surface area contributed by atoms with Gasteiger partial charge in [0.15, 0.2) is 23.0 Å². The molecule has 0 atom stereocenters. The molecule has 1 saturated heterocycles. The number of benzene rings is 2. The van der Waals surface area contributed by atoms with E-state index in [9.17, 15) is 4.79 Å². The Hall–Kier alpha value is -3.72. The lowest BCUT2D eigenvalue weighted by Gasteiger charge is -2.31. The predicted octanol–water partition coefficient (Wildman–Crippen LogP) is 5.42. The maximum atomic E-state index is 13.3. The quantitative estimate of drug-likeness (QED) is 0.373. The molecule has 3 heterocycles. The van der Waals surface area contributed by atoms with Crippen LogP contribution in [0.2, 0.25) is 0 Å². The second kappa shape index (κ2) is 11.3. The van der Waals surface area contributed by atoms with Gasteiger partial charge in [0.1, 0.15) is 19.0 Å². The molecule has 0 radical (unpaired) electrons. The molecular weight excluding hydrogens is 504 g/mol. The standard InChI is InChI=1S/C29H32N2O6S/c1-18(13-21-15-25(34-3)26(35-4)16-24(21)33-2)29(32)31-9-7-19(8-10-31)28-30-22(17-38-28)20-5-6-23-27(14-20)37-12-11-36-23/h5-6,13-17,19H,7-12H2,1-4H3. The third-order valence-corrected chi connectivity index (χ3v) is 7.94. The van der Waals surface area contributed by atoms with Gasteiger partial charge in [-0.15, -0.1) is 11.3 Å². The first-order chi connectivity index (χ1) is 18.5. The Labute approximate surface area is 226 Å². The van der Waals surface area contributed by atoms with Crippen molar-refractivity contribution in [2.45, 2.75) is 25.7 Å². The number of amides is 1. The van der Waals surface area contributed by atoms with E-state index in [4.69, 9.17) is 28.7 Å². The summed E-state index contributed by atoms with van der Waals surface area (Å²) in [6.45, 7) is 4.36. The van der Waals surface area contributed by atoms with E-state index in [-0.39, 0.29) is 5.91 Å². The number of ether oxygens (including phenoxy) is 5. The van der Waals surface area contributed by atoms with Crippen LogP contribution in [0, 0.1) is 0 Å². The molecule has 0 aliphatic carbocycles. The van der Waals surface area contributed by atoms with Crippen LogP contribution in [-0.2, 0) is 4.79 Å². The fourth-order valence-corrected chi connectivity index (χ4v) is 5.85. The second-order valence-electron chi connectivity index (χ2n) is 9.27. The van der Waals surface area contributed by atoms with Gasteiger partial charge in [-0.1, -0.05) is 0 Å². The first-order valence-electron chi connectivity index (χ1n) is 12.6. The largest absolute Gasteiger partial charge is 0.496 e. The Morgan fingerprint density at radius 2 is 1.66 bits per heavy atom. The van der Waals surface area contributed by atoms with E-state index in [0.29, 0.717) is 55.0 Å². The zero-order valence-corrected chi connectivity index (χ0v) is 22.9. The summed E-state index contributed by atoms with van der Waals surface area (Å²) in [5, 5.41) is 3.21. The first-order valence-corrected chi connectivity index (χ1v) is 13.5. The summed E-state index contributed by atoms with van der Waals surface area (Å²) in [6.07, 6.45) is 3.61. The van der Waals surface area contributed by atoms with E-state index in [0.717, 1.165) is 46.2 Å². The van der Waals surface area contributed by atoms with Crippen LogP contribution < -0.4 is 23.7 Å². The minimum Gasteiger partial charge on any atom is -0.496 e. The smallest absolute Gasteiger partial charge is 0.249 e. The van der Waals surface area contributed by atoms with Crippen molar-refractivity contribution in [2.75, 3.05) is 47.6 Å². The van der Waals surface area contributed by atoms with Crippen LogP contribution in [0.3, 0.4) is 0 Å². The van der Waals surface area contributed by atoms with Crippen LogP contribution in [0.5, 0.6) is 28.7 Å². The molecule has 8 nitrogen and oxygen atoms in total. The van der Waals surface area contributed by atoms with Crippen LogP contribution in [0.15, 0.2) is 41.3 Å². The minimum absolute atomic E-state index is 0.0244. The van der Waals surface area contributed by atoms with Gasteiger partial charge in [-0.25, -0.2) is 4.98 Å². The second-order valence-corrected chi connectivity index (χ2v) is 10.2. The molecule has 5 rings (SSSR count). The monoisotopic (exact) mass is 536 g/mol. The lowest BCUT2D eigenvalue weighted by atomic mass is 9.96. The number of hydrogen-bond acceptors (Lipinski definition) is 8. The molecule has 9 heteroatoms. The zero-order valence-electron chi connectivity index (χ0n) is 22.1. The molecule has 0 bridgehead atoms. The molecule has 1 amide bonds. The van der Waals surface area contributed by atoms with Crippen molar-refractivity contribution in [3.8, 4) is 40.0 Å². The third-order valence-electron chi connectivity index (χ3n) is 6.94. The lowest BCUT2D eigenvalue weighted by molar-refractivity contribution is -0.128. The highest BCUT2D eigenvalue weighted by Crippen LogP contribution is 2.38. The van der Waals surface area contributed by atoms with Gasteiger partial charge in [0.2, 0.25) is 5.91 Å². The van der Waals surface area contributed by atoms with Gasteiger partial charge in [-0.2, -0.15) is 0 Å². The molecule has 0 spiro atoms. The van der Waals surface area contributed by atoms with Crippen LogP contribution in [0.4, 0.5) is 0 Å². The van der Waals surface area contributed by atoms with E-state index in [2.05, 4.69) is 5.38 Å². The minimum atomic E-state index is 0.0244. The van der Waals surface area contributed by atoms with E-state index in [1.165, 1.54) is 0 Å². The van der Waals surface area contributed by atoms with E-state index in [1.807, 2.05) is 42.2 Å². The summed E-state index contributed by atoms with van der Waals surface area (Å²) in [7, 11) is 4.76. The maximum absolute atomic E-state index is 13.3. The van der Waals surface area contributed by atoms with E-state index < -0.39 is 0 Å². The Balaban J connectivity index is 1.24. The van der Waals surface area contributed by atoms with Crippen LogP contribution in [0.25, 0.3) is 17.3 Å². The molecule has 1 fully saturated rings. The van der Waals surface area contributed by atoms with Crippen molar-refractivity contribution in [2.24, 2.45) is 0 Å². The third kappa shape index (κ3) is 5.29. The number of fused-ring (bicyclic) bond motifs is 1. The van der Waals surface area contributed by atoms with Crippen LogP contribution in [0.1, 0.15) is 36.3 Å². The molecule has 0 N–H and O–H groups in total. The maximum Gasteiger partial charge on any atom is 0.249 e. The highest BCUT2D eigenvalue weighted by atomic mass is 32.1. The topological polar surface area (TPSA) is 79.4 Å². The average molecular weight is 537 g/mol. The summed E-state index contributed by atoms with van der Waals surface area (Å²) < 4.78 is 27.6. The number of likely N-dealkylation sites (tertiary alicyclic amines) is 1. The fourth-order valence-electron chi connectivity index (χ4n) is 4.85. The molecule has 200 valence electrons. The molecule has 0 saturated carbocycles. The summed E-state index contributed by atoms with van der Waals surface area (Å²) in [5.41, 5.74) is 3.38. The van der Waals surface area contributed by atoms with Crippen LogP contribution in [-0.4, -0.2) is 63.4 Å². The first kappa shape index (κ1) is 25.9. The number of rotatable bonds is 7. The Morgan fingerprint density at radius 3 is 2.37 bits per heavy atom. The summed E-state index contributed by atoms with van der Waals surface area (Å²) in [6, 6.07) is 9.55. The van der Waals surface area contributed by atoms with Crippen molar-refractivity contribution >= 4 is 23.3 Å². The number of nitrogens with zero attached hydrogens (tertiary/aromatic N) is 2. The summed E-state index contributed by atoms with van der Waals surface area (Å²) in [4.78, 5) is 20.1. The Kier molecular flexibility index (Phi) is 7.74. The number of carbonyl (C=O) groups is 1. The highest BCUT2D eigenvalue weighted by Gasteiger charge is 2.27. The highest BCUT2D eigenvalue weighted by molar-refractivity contribution is 7.10. The average Bonchev–Trinajstić information content (AvgIpc) is 3.46. The number of hydrogen-bond donors (Lipinski definition) is 0. The van der Waals surface area contributed by atoms with Crippen molar-refractivity contribution in [1.82, 2.24) is 9.88 Å². The van der Waals surface area contributed by atoms with E-state index >= 15 is 0 Å². The van der Waals surface area contributed by atoms with E-state index in [1.54, 1.807) is 38.7 Å². The predicted molar refractivity (Wildman–Crippen MR) is 147 cm³/mol.